The molecule has 2 aliphatic rings. The molecule has 0 unspecified atom stereocenters. The zero-order valence-electron chi connectivity index (χ0n) is 24.4. The van der Waals surface area contributed by atoms with E-state index in [1.165, 1.54) is 75.8 Å². The summed E-state index contributed by atoms with van der Waals surface area (Å²) < 4.78 is 2.67. The van der Waals surface area contributed by atoms with Gasteiger partial charge in [-0.15, -0.1) is 11.3 Å². The Bertz CT molecular complexity index is 2420. The monoisotopic (exact) mass is 589 g/mol. The van der Waals surface area contributed by atoms with Gasteiger partial charge in [-0.2, -0.15) is 0 Å². The van der Waals surface area contributed by atoms with Crippen molar-refractivity contribution in [3.63, 3.8) is 0 Å². The molecule has 1 aromatic heterocycles. The maximum atomic E-state index is 3.84. The Morgan fingerprint density at radius 2 is 0.978 bits per heavy atom. The van der Waals surface area contributed by atoms with Crippen molar-refractivity contribution in [1.29, 1.82) is 0 Å². The first-order valence-electron chi connectivity index (χ1n) is 15.5. The highest BCUT2D eigenvalue weighted by Gasteiger charge is 2.51. The zero-order chi connectivity index (χ0) is 29.5. The van der Waals surface area contributed by atoms with Crippen molar-refractivity contribution >= 4 is 42.9 Å². The van der Waals surface area contributed by atoms with Crippen LogP contribution in [0.2, 0.25) is 0 Å². The molecule has 0 saturated heterocycles. The summed E-state index contributed by atoms with van der Waals surface area (Å²) in [5.74, 6) is 0. The third-order valence-corrected chi connectivity index (χ3v) is 11.0. The number of anilines is 2. The van der Waals surface area contributed by atoms with E-state index < -0.39 is 0 Å². The highest BCUT2D eigenvalue weighted by molar-refractivity contribution is 7.25. The minimum Gasteiger partial charge on any atom is -0.355 e. The van der Waals surface area contributed by atoms with Crippen molar-refractivity contribution in [3.05, 3.63) is 180 Å². The topological polar surface area (TPSA) is 12.0 Å². The predicted octanol–water partition coefficient (Wildman–Crippen LogP) is 11.8. The average molecular weight is 590 g/mol. The first-order chi connectivity index (χ1) is 22.3. The lowest BCUT2D eigenvalue weighted by atomic mass is 9.70. The molecule has 0 aliphatic heterocycles. The van der Waals surface area contributed by atoms with Crippen molar-refractivity contribution in [2.75, 3.05) is 5.32 Å². The number of fused-ring (bicyclic) bond motifs is 13. The molecular weight excluding hydrogens is 563 g/mol. The molecule has 45 heavy (non-hydrogen) atoms. The molecule has 1 N–H and O–H groups in total. The number of thiophene rings is 1. The molecule has 0 amide bonds. The Balaban J connectivity index is 1.11. The standard InChI is InChI=1S/C43H27NS/c1-5-16-34-30(11-1)31-12-2-6-17-35(31)43(34)36-18-7-3-13-32(36)42-37(43)19-10-20-38(42)44-28-25-23-27(24-26-28)29-15-9-22-40-41(29)33-14-4-8-21-39(33)45-40/h1-26,44H. The molecule has 8 aromatic rings. The van der Waals surface area contributed by atoms with Gasteiger partial charge in [-0.3, -0.25) is 0 Å². The van der Waals surface area contributed by atoms with E-state index in [-0.39, 0.29) is 5.41 Å². The van der Waals surface area contributed by atoms with E-state index in [0.717, 1.165) is 11.4 Å². The summed E-state index contributed by atoms with van der Waals surface area (Å²) in [6, 6.07) is 58.1. The van der Waals surface area contributed by atoms with Crippen molar-refractivity contribution in [2.24, 2.45) is 0 Å². The van der Waals surface area contributed by atoms with E-state index in [9.17, 15) is 0 Å². The van der Waals surface area contributed by atoms with Crippen LogP contribution in [0.5, 0.6) is 0 Å². The van der Waals surface area contributed by atoms with Gasteiger partial charge in [-0.1, -0.05) is 127 Å². The summed E-state index contributed by atoms with van der Waals surface area (Å²) in [5, 5.41) is 6.52. The van der Waals surface area contributed by atoms with Crippen LogP contribution in [0.1, 0.15) is 22.3 Å². The number of nitrogens with one attached hydrogen (secondary N) is 1. The first-order valence-corrected chi connectivity index (χ1v) is 16.3. The minimum absolute atomic E-state index is 0.331. The zero-order valence-corrected chi connectivity index (χ0v) is 25.2. The maximum Gasteiger partial charge on any atom is 0.0726 e. The van der Waals surface area contributed by atoms with E-state index in [2.05, 4.69) is 163 Å². The predicted molar refractivity (Wildman–Crippen MR) is 191 cm³/mol. The van der Waals surface area contributed by atoms with Gasteiger partial charge in [0.05, 0.1) is 5.41 Å². The van der Waals surface area contributed by atoms with Gasteiger partial charge in [-0.05, 0) is 80.4 Å². The van der Waals surface area contributed by atoms with Gasteiger partial charge in [0.2, 0.25) is 0 Å². The lowest BCUT2D eigenvalue weighted by Gasteiger charge is -2.30. The van der Waals surface area contributed by atoms with Gasteiger partial charge in [0, 0.05) is 37.1 Å². The largest absolute Gasteiger partial charge is 0.355 e. The molecule has 2 aliphatic carbocycles. The second kappa shape index (κ2) is 9.28. The van der Waals surface area contributed by atoms with Crippen molar-refractivity contribution in [2.45, 2.75) is 5.41 Å². The third-order valence-electron chi connectivity index (χ3n) is 9.90. The Hall–Kier alpha value is -5.44. The molecule has 1 nitrogen and oxygen atoms in total. The van der Waals surface area contributed by atoms with Gasteiger partial charge in [0.1, 0.15) is 0 Å². The Morgan fingerprint density at radius 1 is 0.422 bits per heavy atom. The van der Waals surface area contributed by atoms with E-state index in [1.54, 1.807) is 0 Å². The lowest BCUT2D eigenvalue weighted by molar-refractivity contribution is 0.794. The van der Waals surface area contributed by atoms with Crippen molar-refractivity contribution in [3.8, 4) is 33.4 Å². The normalized spacial score (nSPS) is 13.5. The summed E-state index contributed by atoms with van der Waals surface area (Å²) in [4.78, 5) is 0. The van der Waals surface area contributed by atoms with Crippen LogP contribution in [0.3, 0.4) is 0 Å². The van der Waals surface area contributed by atoms with Crippen LogP contribution in [0, 0.1) is 0 Å². The van der Waals surface area contributed by atoms with Gasteiger partial charge in [0.25, 0.3) is 0 Å². The van der Waals surface area contributed by atoms with Crippen molar-refractivity contribution in [1.82, 2.24) is 0 Å². The van der Waals surface area contributed by atoms with Gasteiger partial charge in [-0.25, -0.2) is 0 Å². The molecule has 7 aromatic carbocycles. The van der Waals surface area contributed by atoms with Crippen LogP contribution >= 0.6 is 11.3 Å². The molecule has 210 valence electrons. The fourth-order valence-electron chi connectivity index (χ4n) is 8.15. The highest BCUT2D eigenvalue weighted by atomic mass is 32.1. The third kappa shape index (κ3) is 3.32. The molecule has 0 atom stereocenters. The Morgan fingerprint density at radius 3 is 1.73 bits per heavy atom. The Labute approximate surface area is 266 Å². The second-order valence-corrected chi connectivity index (χ2v) is 13.2. The smallest absolute Gasteiger partial charge is 0.0726 e. The molecule has 0 radical (unpaired) electrons. The fraction of sp³-hybridized carbons (Fsp3) is 0.0233. The maximum absolute atomic E-state index is 3.84. The van der Waals surface area contributed by atoms with E-state index in [1.807, 2.05) is 11.3 Å². The summed E-state index contributed by atoms with van der Waals surface area (Å²) in [6.07, 6.45) is 0. The van der Waals surface area contributed by atoms with Crippen LogP contribution in [-0.4, -0.2) is 0 Å². The fourth-order valence-corrected chi connectivity index (χ4v) is 9.28. The minimum atomic E-state index is -0.331. The number of hydrogen-bond donors (Lipinski definition) is 1. The van der Waals surface area contributed by atoms with Crippen LogP contribution in [0.25, 0.3) is 53.6 Å². The lowest BCUT2D eigenvalue weighted by Crippen LogP contribution is -2.25. The molecule has 10 rings (SSSR count). The molecule has 0 fully saturated rings. The summed E-state index contributed by atoms with van der Waals surface area (Å²) in [6.45, 7) is 0. The second-order valence-electron chi connectivity index (χ2n) is 12.1. The highest BCUT2D eigenvalue weighted by Crippen LogP contribution is 2.63. The average Bonchev–Trinajstić information content (AvgIpc) is 3.73. The number of rotatable bonds is 3. The quantitative estimate of drug-likeness (QED) is 0.216. The van der Waals surface area contributed by atoms with Gasteiger partial charge < -0.3 is 5.32 Å². The Kier molecular flexibility index (Phi) is 5.14. The van der Waals surface area contributed by atoms with Gasteiger partial charge in [0.15, 0.2) is 0 Å². The van der Waals surface area contributed by atoms with E-state index in [4.69, 9.17) is 0 Å². The molecule has 1 spiro atoms. The summed E-state index contributed by atoms with van der Waals surface area (Å²) in [7, 11) is 0. The van der Waals surface area contributed by atoms with Crippen molar-refractivity contribution < 1.29 is 0 Å². The number of benzene rings is 7. The number of hydrogen-bond acceptors (Lipinski definition) is 2. The van der Waals surface area contributed by atoms with Crippen LogP contribution in [-0.2, 0) is 5.41 Å². The van der Waals surface area contributed by atoms with E-state index in [0.29, 0.717) is 0 Å². The van der Waals surface area contributed by atoms with E-state index >= 15 is 0 Å². The molecule has 0 saturated carbocycles. The van der Waals surface area contributed by atoms with Gasteiger partial charge >= 0.3 is 0 Å². The summed E-state index contributed by atoms with van der Waals surface area (Å²) >= 11 is 1.87. The molecule has 0 bridgehead atoms. The summed E-state index contributed by atoms with van der Waals surface area (Å²) in [5.41, 5.74) is 15.1. The first kappa shape index (κ1) is 24.9. The van der Waals surface area contributed by atoms with Crippen LogP contribution < -0.4 is 5.32 Å². The van der Waals surface area contributed by atoms with Crippen LogP contribution in [0.15, 0.2) is 158 Å². The van der Waals surface area contributed by atoms with Crippen LogP contribution in [0.4, 0.5) is 11.4 Å². The molecular formula is C43H27NS. The SMILES string of the molecule is c1ccc2c(c1)-c1ccccc1C21c2ccccc2-c2c(Nc3ccc(-c4cccc5sc6ccccc6c45)cc3)cccc21. The molecule has 2 heteroatoms. The molecule has 1 heterocycles.